The van der Waals surface area contributed by atoms with Gasteiger partial charge in [-0.15, -0.1) is 0 Å². The monoisotopic (exact) mass is 353 g/mol. The van der Waals surface area contributed by atoms with E-state index in [2.05, 4.69) is 13.8 Å². The average molecular weight is 353 g/mol. The largest absolute Gasteiger partial charge is 0.486 e. The van der Waals surface area contributed by atoms with Crippen LogP contribution in [0.2, 0.25) is 0 Å². The molecular weight excluding hydrogens is 321 g/mol. The van der Waals surface area contributed by atoms with Crippen molar-refractivity contribution in [2.45, 2.75) is 72.1 Å². The first-order chi connectivity index (χ1) is 11.8. The van der Waals surface area contributed by atoms with E-state index < -0.39 is 18.1 Å². The van der Waals surface area contributed by atoms with Crippen molar-refractivity contribution in [2.75, 3.05) is 0 Å². The maximum atomic E-state index is 13.4. The molecule has 0 bridgehead atoms. The summed E-state index contributed by atoms with van der Waals surface area (Å²) in [5, 5.41) is 0. The van der Waals surface area contributed by atoms with Crippen molar-refractivity contribution in [3.8, 4) is 5.75 Å². The highest BCUT2D eigenvalue weighted by Gasteiger charge is 2.31. The summed E-state index contributed by atoms with van der Waals surface area (Å²) < 4.78 is 25.0. The summed E-state index contributed by atoms with van der Waals surface area (Å²) in [5.41, 5.74) is 5.92. The first-order valence-corrected chi connectivity index (χ1v) is 9.16. The summed E-state index contributed by atoms with van der Waals surface area (Å²) >= 11 is 0. The lowest BCUT2D eigenvalue weighted by atomic mass is 9.93. The molecule has 0 aliphatic rings. The molecule has 0 aliphatic heterocycles. The van der Waals surface area contributed by atoms with E-state index in [1.165, 1.54) is 12.1 Å². The Morgan fingerprint density at radius 3 is 2.36 bits per heavy atom. The number of esters is 1. The van der Waals surface area contributed by atoms with Crippen LogP contribution in [0.1, 0.15) is 53.9 Å². The lowest BCUT2D eigenvalue weighted by Crippen LogP contribution is -2.43. The molecule has 2 N–H and O–H groups in total. The van der Waals surface area contributed by atoms with Crippen molar-refractivity contribution in [2.24, 2.45) is 17.6 Å². The van der Waals surface area contributed by atoms with Crippen LogP contribution in [0.15, 0.2) is 24.3 Å². The number of benzene rings is 1. The van der Waals surface area contributed by atoms with Crippen LogP contribution in [0.4, 0.5) is 4.39 Å². The quantitative estimate of drug-likeness (QED) is 0.637. The molecule has 0 radical (unpaired) electrons. The predicted molar refractivity (Wildman–Crippen MR) is 97.9 cm³/mol. The lowest BCUT2D eigenvalue weighted by Gasteiger charge is -2.31. The second-order valence-electron chi connectivity index (χ2n) is 6.99. The lowest BCUT2D eigenvalue weighted by molar-refractivity contribution is -0.156. The highest BCUT2D eigenvalue weighted by atomic mass is 19.1. The van der Waals surface area contributed by atoms with Crippen LogP contribution in [0.25, 0.3) is 0 Å². The number of nitrogens with two attached hydrogens (primary N) is 1. The van der Waals surface area contributed by atoms with Crippen molar-refractivity contribution >= 4 is 5.97 Å². The third kappa shape index (κ3) is 7.02. The molecule has 0 spiro atoms. The number of carbonyl (C=O) groups is 1. The highest BCUT2D eigenvalue weighted by molar-refractivity contribution is 5.75. The molecule has 0 aromatic heterocycles. The number of rotatable bonds is 10. The molecule has 0 unspecified atom stereocenters. The van der Waals surface area contributed by atoms with Crippen molar-refractivity contribution in [3.05, 3.63) is 30.1 Å². The molecule has 4 nitrogen and oxygen atoms in total. The van der Waals surface area contributed by atoms with Gasteiger partial charge in [0, 0.05) is 6.07 Å². The Morgan fingerprint density at radius 2 is 1.84 bits per heavy atom. The summed E-state index contributed by atoms with van der Waals surface area (Å²) in [5.74, 6) is 0.166. The normalized spacial score (nSPS) is 15.1. The Labute approximate surface area is 150 Å². The van der Waals surface area contributed by atoms with E-state index in [1.54, 1.807) is 12.1 Å². The molecule has 1 aromatic rings. The molecule has 0 aliphatic carbocycles. The molecule has 142 valence electrons. The number of hydrogen-bond donors (Lipinski definition) is 1. The van der Waals surface area contributed by atoms with Gasteiger partial charge in [-0.3, -0.25) is 4.79 Å². The molecule has 1 rings (SSSR count). The van der Waals surface area contributed by atoms with E-state index in [4.69, 9.17) is 15.2 Å². The van der Waals surface area contributed by atoms with Crippen molar-refractivity contribution in [3.63, 3.8) is 0 Å². The van der Waals surface area contributed by atoms with Crippen molar-refractivity contribution in [1.82, 2.24) is 0 Å². The van der Waals surface area contributed by atoms with Crippen LogP contribution in [0.5, 0.6) is 5.75 Å². The Morgan fingerprint density at radius 1 is 1.20 bits per heavy atom. The number of halogens is 1. The van der Waals surface area contributed by atoms with E-state index >= 15 is 0 Å². The molecule has 0 saturated heterocycles. The molecule has 5 heteroatoms. The van der Waals surface area contributed by atoms with Crippen LogP contribution >= 0.6 is 0 Å². The average Bonchev–Trinajstić information content (AvgIpc) is 2.54. The van der Waals surface area contributed by atoms with Gasteiger partial charge in [-0.05, 0) is 50.2 Å². The molecule has 0 saturated carbocycles. The van der Waals surface area contributed by atoms with Crippen molar-refractivity contribution in [1.29, 1.82) is 0 Å². The summed E-state index contributed by atoms with van der Waals surface area (Å²) in [6.07, 6.45) is 1.49. The Balaban J connectivity index is 2.85. The number of ether oxygens (including phenoxy) is 2. The molecule has 0 heterocycles. The van der Waals surface area contributed by atoms with Gasteiger partial charge in [0.05, 0.1) is 0 Å². The summed E-state index contributed by atoms with van der Waals surface area (Å²) in [6.45, 7) is 9.96. The van der Waals surface area contributed by atoms with Crippen LogP contribution in [0.3, 0.4) is 0 Å². The summed E-state index contributed by atoms with van der Waals surface area (Å²) in [6, 6.07) is 5.38. The molecule has 1 aromatic carbocycles. The molecule has 0 amide bonds. The fourth-order valence-electron chi connectivity index (χ4n) is 2.97. The molecular formula is C20H32FNO3. The van der Waals surface area contributed by atoms with E-state index in [0.717, 1.165) is 12.8 Å². The van der Waals surface area contributed by atoms with Gasteiger partial charge in [-0.2, -0.15) is 0 Å². The van der Waals surface area contributed by atoms with Gasteiger partial charge in [0.2, 0.25) is 0 Å². The van der Waals surface area contributed by atoms with Crippen LogP contribution in [-0.2, 0) is 9.53 Å². The summed E-state index contributed by atoms with van der Waals surface area (Å²) in [7, 11) is 0. The van der Waals surface area contributed by atoms with Crippen LogP contribution in [0, 0.1) is 17.7 Å². The standard InChI is InChI=1S/C20H32FNO3/c1-6-15(7-2)19(25-17-10-8-9-16(21)12-17)14(5)24-20(23)18(22)11-13(3)4/h8-10,12-15,18-19H,6-7,11,22H2,1-5H3/t14-,18-,19+/m0/s1. The Kier molecular flexibility index (Phi) is 8.90. The fraction of sp³-hybridized carbons (Fsp3) is 0.650. The van der Waals surface area contributed by atoms with Gasteiger partial charge >= 0.3 is 5.97 Å². The Hall–Kier alpha value is -1.62. The highest BCUT2D eigenvalue weighted by Crippen LogP contribution is 2.25. The van der Waals surface area contributed by atoms with Gasteiger partial charge in [-0.25, -0.2) is 4.39 Å². The molecule has 3 atom stereocenters. The van der Waals surface area contributed by atoms with E-state index in [0.29, 0.717) is 18.1 Å². The first-order valence-electron chi connectivity index (χ1n) is 9.16. The van der Waals surface area contributed by atoms with E-state index in [1.807, 2.05) is 20.8 Å². The number of carbonyl (C=O) groups excluding carboxylic acids is 1. The number of hydrogen-bond acceptors (Lipinski definition) is 4. The maximum absolute atomic E-state index is 13.4. The zero-order valence-electron chi connectivity index (χ0n) is 16.0. The van der Waals surface area contributed by atoms with Gasteiger partial charge in [-0.1, -0.05) is 33.8 Å². The van der Waals surface area contributed by atoms with Gasteiger partial charge in [0.1, 0.15) is 29.8 Å². The third-order valence-corrected chi connectivity index (χ3v) is 4.37. The molecule has 25 heavy (non-hydrogen) atoms. The van der Waals surface area contributed by atoms with E-state index in [-0.39, 0.29) is 17.8 Å². The second kappa shape index (κ2) is 10.4. The van der Waals surface area contributed by atoms with Crippen molar-refractivity contribution < 1.29 is 18.7 Å². The van der Waals surface area contributed by atoms with E-state index in [9.17, 15) is 9.18 Å². The zero-order chi connectivity index (χ0) is 19.0. The van der Waals surface area contributed by atoms with Crippen LogP contribution in [-0.4, -0.2) is 24.2 Å². The first kappa shape index (κ1) is 21.4. The minimum absolute atomic E-state index is 0.187. The van der Waals surface area contributed by atoms with Gasteiger partial charge < -0.3 is 15.2 Å². The maximum Gasteiger partial charge on any atom is 0.323 e. The van der Waals surface area contributed by atoms with Gasteiger partial charge in [0.15, 0.2) is 0 Å². The molecule has 0 fully saturated rings. The minimum atomic E-state index is -0.640. The second-order valence-corrected chi connectivity index (χ2v) is 6.99. The third-order valence-electron chi connectivity index (χ3n) is 4.37. The Bertz CT molecular complexity index is 531. The smallest absolute Gasteiger partial charge is 0.323 e. The fourth-order valence-corrected chi connectivity index (χ4v) is 2.97. The topological polar surface area (TPSA) is 61.5 Å². The SMILES string of the molecule is CCC(CC)[C@H](Oc1cccc(F)c1)[C@H](C)OC(=O)[C@@H](N)CC(C)C. The zero-order valence-corrected chi connectivity index (χ0v) is 16.0. The van der Waals surface area contributed by atoms with Crippen LogP contribution < -0.4 is 10.5 Å². The summed E-state index contributed by atoms with van der Waals surface area (Å²) in [4.78, 5) is 12.2. The minimum Gasteiger partial charge on any atom is -0.486 e. The van der Waals surface area contributed by atoms with Gasteiger partial charge in [0.25, 0.3) is 0 Å². The predicted octanol–water partition coefficient (Wildman–Crippen LogP) is 4.31.